The number of esters is 2. The molecule has 1 saturated carbocycles. The van der Waals surface area contributed by atoms with Crippen LogP contribution in [0, 0.1) is 29.6 Å². The molecule has 6 rings (SSSR count). The fraction of sp³-hybridized carbons (Fsp3) is 0.731. The van der Waals surface area contributed by atoms with Crippen molar-refractivity contribution in [3.63, 3.8) is 0 Å². The van der Waals surface area contributed by atoms with E-state index in [1.54, 1.807) is 26.6 Å². The number of carbonyl (C=O) groups excluding carboxylic acids is 3. The van der Waals surface area contributed by atoms with E-state index >= 15 is 4.79 Å². The third kappa shape index (κ3) is 12.4. The molecule has 0 radical (unpaired) electrons. The molecule has 16 heteroatoms. The van der Waals surface area contributed by atoms with E-state index in [4.69, 9.17) is 56.4 Å². The molecule has 4 heterocycles. The van der Waals surface area contributed by atoms with E-state index in [2.05, 4.69) is 42.7 Å². The molecule has 13 atom stereocenters. The largest absolute Gasteiger partial charge is 0.493 e. The second-order valence-corrected chi connectivity index (χ2v) is 22.6. The van der Waals surface area contributed by atoms with Crippen molar-refractivity contribution in [2.24, 2.45) is 29.6 Å². The van der Waals surface area contributed by atoms with Crippen molar-refractivity contribution in [2.75, 3.05) is 45.5 Å². The first kappa shape index (κ1) is 54.5. The van der Waals surface area contributed by atoms with Crippen molar-refractivity contribution in [3.8, 4) is 11.5 Å². The predicted octanol–water partition coefficient (Wildman–Crippen LogP) is 10.2. The van der Waals surface area contributed by atoms with Crippen molar-refractivity contribution < 1.29 is 47.5 Å². The predicted molar refractivity (Wildman–Crippen MR) is 268 cm³/mol. The van der Waals surface area contributed by atoms with Gasteiger partial charge in [-0.25, -0.2) is 0 Å². The fourth-order valence-electron chi connectivity index (χ4n) is 11.4. The van der Waals surface area contributed by atoms with E-state index in [9.17, 15) is 9.59 Å². The molecule has 0 bridgehead atoms. The van der Waals surface area contributed by atoms with Crippen molar-refractivity contribution in [1.29, 1.82) is 0 Å². The Labute approximate surface area is 419 Å². The molecule has 0 N–H and O–H groups in total. The van der Waals surface area contributed by atoms with Crippen LogP contribution >= 0.6 is 35.0 Å². The first-order chi connectivity index (χ1) is 32.2. The highest BCUT2D eigenvalue weighted by molar-refractivity contribution is 8.00. The summed E-state index contributed by atoms with van der Waals surface area (Å²) in [5, 5.41) is 0.115. The van der Waals surface area contributed by atoms with Gasteiger partial charge in [-0.3, -0.25) is 19.4 Å². The normalized spacial score (nSPS) is 34.3. The van der Waals surface area contributed by atoms with Gasteiger partial charge in [0, 0.05) is 85.9 Å². The van der Waals surface area contributed by atoms with Gasteiger partial charge in [0.1, 0.15) is 17.1 Å². The number of ether oxygens (including phenoxy) is 7. The van der Waals surface area contributed by atoms with Gasteiger partial charge >= 0.3 is 11.9 Å². The number of hydrogen-bond acceptors (Lipinski definition) is 14. The Morgan fingerprint density at radius 3 is 2.24 bits per heavy atom. The minimum Gasteiger partial charge on any atom is -0.493 e. The average molecular weight is 1010 g/mol. The van der Waals surface area contributed by atoms with E-state index in [1.807, 2.05) is 59.7 Å². The maximum absolute atomic E-state index is 15.1. The van der Waals surface area contributed by atoms with Crippen LogP contribution in [0.1, 0.15) is 119 Å². The minimum atomic E-state index is -1.29. The van der Waals surface area contributed by atoms with Gasteiger partial charge in [0.2, 0.25) is 0 Å². The molecule has 13 nitrogen and oxygen atoms in total. The summed E-state index contributed by atoms with van der Waals surface area (Å²) in [5.74, 6) is -1.64. The number of nitrogens with zero attached hydrogens (tertiary/aromatic N) is 3. The fourth-order valence-corrected chi connectivity index (χ4v) is 13.4. The molecule has 0 amide bonds. The molecule has 1 aromatic heterocycles. The summed E-state index contributed by atoms with van der Waals surface area (Å²) in [6.45, 7) is 16.4. The molecule has 3 aliphatic heterocycles. The molecule has 380 valence electrons. The van der Waals surface area contributed by atoms with Crippen LogP contribution in [-0.4, -0.2) is 121 Å². The molecule has 68 heavy (non-hydrogen) atoms. The van der Waals surface area contributed by atoms with Gasteiger partial charge < -0.3 is 43.0 Å². The Morgan fingerprint density at radius 2 is 1.60 bits per heavy atom. The summed E-state index contributed by atoms with van der Waals surface area (Å²) in [7, 11) is 7.43. The van der Waals surface area contributed by atoms with Crippen LogP contribution in [0.3, 0.4) is 0 Å². The number of carbonyl (C=O) groups is 3. The van der Waals surface area contributed by atoms with Crippen LogP contribution in [0.2, 0.25) is 10.0 Å². The van der Waals surface area contributed by atoms with Crippen molar-refractivity contribution in [1.82, 2.24) is 9.88 Å². The molecule has 1 aliphatic carbocycles. The topological polar surface area (TPSA) is 135 Å². The van der Waals surface area contributed by atoms with Crippen molar-refractivity contribution in [2.45, 2.75) is 173 Å². The highest BCUT2D eigenvalue weighted by atomic mass is 35.5. The minimum absolute atomic E-state index is 0.0147. The highest BCUT2D eigenvalue weighted by Gasteiger charge is 2.61. The highest BCUT2D eigenvalue weighted by Crippen LogP contribution is 2.49. The maximum Gasteiger partial charge on any atom is 0.320 e. The van der Waals surface area contributed by atoms with Crippen LogP contribution in [-0.2, 0) is 44.6 Å². The quantitative estimate of drug-likeness (QED) is 0.157. The van der Waals surface area contributed by atoms with E-state index in [0.717, 1.165) is 37.8 Å². The lowest BCUT2D eigenvalue weighted by atomic mass is 9.70. The number of rotatable bonds is 15. The number of cyclic esters (lactones) is 1. The van der Waals surface area contributed by atoms with Gasteiger partial charge in [-0.15, -0.1) is 11.8 Å². The van der Waals surface area contributed by atoms with E-state index in [-0.39, 0.29) is 30.0 Å². The molecule has 0 unspecified atom stereocenters. The lowest BCUT2D eigenvalue weighted by molar-refractivity contribution is -0.265. The van der Waals surface area contributed by atoms with Gasteiger partial charge in [-0.2, -0.15) is 0 Å². The van der Waals surface area contributed by atoms with Crippen LogP contribution in [0.4, 0.5) is 5.69 Å². The van der Waals surface area contributed by atoms with E-state index in [1.165, 1.54) is 11.8 Å². The van der Waals surface area contributed by atoms with E-state index < -0.39 is 70.6 Å². The standard InChI is InChI=1S/C52H77Cl2N3O10S/c1-13-43-52(8)45(34(6)46(58)32(4)26-51(7,62-12)48(30(2)22-31(3)49(59)65-43)66-44-25-36(56(9)10)23-33(5)63-44)47(50(60)67-52)68-21-20-57(29-38-39(53)27-55-28-40(38)54)35-18-19-41(61-11)42(24-35)64-37-16-14-15-17-37/h18-19,24,27-28,30-34,36-37,43-45,47-48H,13-17,20-23,25-26,29H2,1-12H3/t30-,31+,32+,33+,34+,36-,43+,44-,45-,47-,48+,51+,52+/m0/s1. The molecule has 2 aromatic rings. The third-order valence-electron chi connectivity index (χ3n) is 15.3. The number of benzene rings is 1. The second-order valence-electron chi connectivity index (χ2n) is 20.6. The Morgan fingerprint density at radius 1 is 0.912 bits per heavy atom. The van der Waals surface area contributed by atoms with Crippen LogP contribution in [0.5, 0.6) is 11.5 Å². The summed E-state index contributed by atoms with van der Waals surface area (Å²) in [6, 6.07) is 6.13. The SMILES string of the molecule is CC[C@H]1OC(=O)[C@H](C)C[C@H](C)[C@@H](O[C@H]2C[C@@H](N(C)C)C[C@@H](C)O2)[C@](C)(OC)C[C@@H](C)C(=O)[C@H](C)[C@H]2[C@H](SCCN(Cc3c(Cl)cncc3Cl)c3ccc(OC)c(OC4CCCC4)c3)C(=O)O[C@@]21C. The average Bonchev–Trinajstić information content (AvgIpc) is 3.91. The smallest absolute Gasteiger partial charge is 0.320 e. The Hall–Kier alpha value is -2.85. The Balaban J connectivity index is 1.31. The molecule has 4 fully saturated rings. The zero-order chi connectivity index (χ0) is 49.7. The lowest BCUT2D eigenvalue weighted by Crippen LogP contribution is -2.55. The lowest BCUT2D eigenvalue weighted by Gasteiger charge is -2.46. The third-order valence-corrected chi connectivity index (χ3v) is 17.2. The summed E-state index contributed by atoms with van der Waals surface area (Å²) in [4.78, 5) is 52.3. The number of aromatic nitrogens is 1. The summed E-state index contributed by atoms with van der Waals surface area (Å²) in [5.41, 5.74) is -0.680. The van der Waals surface area contributed by atoms with Crippen LogP contribution in [0.25, 0.3) is 0 Å². The summed E-state index contributed by atoms with van der Waals surface area (Å²) < 4.78 is 44.8. The number of anilines is 1. The van der Waals surface area contributed by atoms with Crippen LogP contribution in [0.15, 0.2) is 30.6 Å². The number of fused-ring (bicyclic) bond motifs is 1. The van der Waals surface area contributed by atoms with Crippen LogP contribution < -0.4 is 14.4 Å². The molecule has 0 spiro atoms. The number of pyridine rings is 1. The molecule has 3 saturated heterocycles. The van der Waals surface area contributed by atoms with Gasteiger partial charge in [0.15, 0.2) is 23.4 Å². The number of methoxy groups -OCH3 is 2. The molecule has 4 aliphatic rings. The van der Waals surface area contributed by atoms with Gasteiger partial charge in [-0.05, 0) is 104 Å². The first-order valence-corrected chi connectivity index (χ1v) is 26.5. The number of halogens is 2. The molecular weight excluding hydrogens is 930 g/mol. The number of thioether (sulfide) groups is 1. The van der Waals surface area contributed by atoms with Gasteiger partial charge in [0.25, 0.3) is 0 Å². The zero-order valence-corrected chi connectivity index (χ0v) is 44.7. The molecule has 1 aromatic carbocycles. The number of hydrogen-bond donors (Lipinski definition) is 0. The second kappa shape index (κ2) is 23.6. The Bertz CT molecular complexity index is 2020. The Kier molecular flexibility index (Phi) is 18.9. The molecular formula is C52H77Cl2N3O10S. The first-order valence-electron chi connectivity index (χ1n) is 24.7. The zero-order valence-electron chi connectivity index (χ0n) is 42.4. The summed E-state index contributed by atoms with van der Waals surface area (Å²) in [6.07, 6.45) is 8.34. The number of Topliss-reactive ketones (excluding diaryl/α,β-unsaturated/α-hetero) is 1. The van der Waals surface area contributed by atoms with Gasteiger partial charge in [-0.1, -0.05) is 57.8 Å². The summed E-state index contributed by atoms with van der Waals surface area (Å²) >= 11 is 14.9. The monoisotopic (exact) mass is 1010 g/mol. The maximum atomic E-state index is 15.1. The van der Waals surface area contributed by atoms with E-state index in [0.29, 0.717) is 71.6 Å². The van der Waals surface area contributed by atoms with Crippen molar-refractivity contribution >= 4 is 58.4 Å². The number of ketones is 1. The van der Waals surface area contributed by atoms with Gasteiger partial charge in [0.05, 0.1) is 47.0 Å². The van der Waals surface area contributed by atoms with Crippen molar-refractivity contribution in [3.05, 3.63) is 46.2 Å².